The number of aromatic nitrogens is 1. The van der Waals surface area contributed by atoms with Crippen LogP contribution >= 0.6 is 11.8 Å². The highest BCUT2D eigenvalue weighted by Crippen LogP contribution is 2.31. The Balaban J connectivity index is 1.68. The molecular weight excluding hydrogens is 353 g/mol. The predicted octanol–water partition coefficient (Wildman–Crippen LogP) is 4.97. The third-order valence-corrected chi connectivity index (χ3v) is 4.32. The maximum absolute atomic E-state index is 12.7. The van der Waals surface area contributed by atoms with E-state index in [2.05, 4.69) is 10.3 Å². The van der Waals surface area contributed by atoms with Crippen LogP contribution in [0.25, 0.3) is 11.1 Å². The second-order valence-corrected chi connectivity index (χ2v) is 6.57. The number of thioether (sulfide) groups is 1. The van der Waals surface area contributed by atoms with Gasteiger partial charge >= 0.3 is 6.18 Å². The maximum Gasteiger partial charge on any atom is 0.416 e. The monoisotopic (exact) mass is 366 g/mol. The fraction of sp³-hybridized carbons (Fsp3) is 0.176. The average Bonchev–Trinajstić information content (AvgIpc) is 2.96. The molecule has 25 heavy (non-hydrogen) atoms. The number of nitrogens with one attached hydrogen (secondary N) is 1. The van der Waals surface area contributed by atoms with E-state index in [-0.39, 0.29) is 5.69 Å². The van der Waals surface area contributed by atoms with Crippen molar-refractivity contribution >= 4 is 34.5 Å². The lowest BCUT2D eigenvalue weighted by Gasteiger charge is -2.12. The van der Waals surface area contributed by atoms with Gasteiger partial charge in [0.05, 0.1) is 10.8 Å². The Morgan fingerprint density at radius 3 is 2.68 bits per heavy atom. The summed E-state index contributed by atoms with van der Waals surface area (Å²) < 4.78 is 43.7. The second kappa shape index (κ2) is 6.79. The van der Waals surface area contributed by atoms with Gasteiger partial charge in [0.1, 0.15) is 5.52 Å². The number of alkyl halides is 3. The largest absolute Gasteiger partial charge is 0.431 e. The summed E-state index contributed by atoms with van der Waals surface area (Å²) in [5, 5.41) is 2.21. The van der Waals surface area contributed by atoms with E-state index in [4.69, 9.17) is 4.42 Å². The highest BCUT2D eigenvalue weighted by Gasteiger charge is 2.30. The summed E-state index contributed by atoms with van der Waals surface area (Å²) in [6.45, 7) is 1.63. The summed E-state index contributed by atoms with van der Waals surface area (Å²) in [6.07, 6.45) is -4.46. The number of benzene rings is 2. The number of fused-ring (bicyclic) bond motifs is 1. The summed E-state index contributed by atoms with van der Waals surface area (Å²) >= 11 is 1.09. The van der Waals surface area contributed by atoms with Crippen molar-refractivity contribution in [2.45, 2.75) is 23.6 Å². The van der Waals surface area contributed by atoms with E-state index >= 15 is 0 Å². The van der Waals surface area contributed by atoms with Crippen LogP contribution in [0.3, 0.4) is 0 Å². The Morgan fingerprint density at radius 2 is 1.96 bits per heavy atom. The zero-order chi connectivity index (χ0) is 18.0. The topological polar surface area (TPSA) is 55.1 Å². The van der Waals surface area contributed by atoms with Gasteiger partial charge in [-0.3, -0.25) is 4.79 Å². The standard InChI is InChI=1S/C17H13F3N2O2S/c1-10(25-16-22-13-7-2-3-8-14(13)24-16)15(23)21-12-6-4-5-11(9-12)17(18,19)20/h2-10H,1H3,(H,21,23)/t10-/m0/s1. The highest BCUT2D eigenvalue weighted by atomic mass is 32.2. The number of nitrogens with zero attached hydrogens (tertiary/aromatic N) is 1. The van der Waals surface area contributed by atoms with Crippen LogP contribution in [-0.2, 0) is 11.0 Å². The van der Waals surface area contributed by atoms with Gasteiger partial charge in [0.15, 0.2) is 5.58 Å². The van der Waals surface area contributed by atoms with E-state index in [1.807, 2.05) is 12.1 Å². The first-order valence-corrected chi connectivity index (χ1v) is 8.21. The minimum Gasteiger partial charge on any atom is -0.431 e. The zero-order valence-electron chi connectivity index (χ0n) is 13.0. The number of hydrogen-bond acceptors (Lipinski definition) is 4. The SMILES string of the molecule is C[C@H](Sc1nc2ccccc2o1)C(=O)Nc1cccc(C(F)(F)F)c1. The number of halogens is 3. The lowest BCUT2D eigenvalue weighted by Crippen LogP contribution is -2.22. The third-order valence-electron chi connectivity index (χ3n) is 3.38. The molecular formula is C17H13F3N2O2S. The van der Waals surface area contributed by atoms with Crippen LogP contribution in [0, 0.1) is 0 Å². The van der Waals surface area contributed by atoms with Crippen LogP contribution in [-0.4, -0.2) is 16.1 Å². The molecule has 0 spiro atoms. The van der Waals surface area contributed by atoms with Gasteiger partial charge in [-0.15, -0.1) is 0 Å². The molecule has 1 atom stereocenters. The first kappa shape index (κ1) is 17.3. The number of oxazole rings is 1. The fourth-order valence-electron chi connectivity index (χ4n) is 2.12. The van der Waals surface area contributed by atoms with Crippen molar-refractivity contribution < 1.29 is 22.4 Å². The number of rotatable bonds is 4. The Morgan fingerprint density at radius 1 is 1.20 bits per heavy atom. The molecule has 1 amide bonds. The molecule has 1 heterocycles. The molecule has 3 aromatic rings. The lowest BCUT2D eigenvalue weighted by atomic mass is 10.2. The van der Waals surface area contributed by atoms with Crippen LogP contribution < -0.4 is 5.32 Å². The predicted molar refractivity (Wildman–Crippen MR) is 89.4 cm³/mol. The van der Waals surface area contributed by atoms with Crippen LogP contribution in [0.1, 0.15) is 12.5 Å². The fourth-order valence-corrected chi connectivity index (χ4v) is 2.88. The van der Waals surface area contributed by atoms with Gasteiger partial charge in [0.25, 0.3) is 5.22 Å². The van der Waals surface area contributed by atoms with Crippen LogP contribution in [0.5, 0.6) is 0 Å². The molecule has 4 nitrogen and oxygen atoms in total. The number of hydrogen-bond donors (Lipinski definition) is 1. The van der Waals surface area contributed by atoms with Gasteiger partial charge in [-0.1, -0.05) is 30.0 Å². The van der Waals surface area contributed by atoms with Crippen molar-refractivity contribution in [3.8, 4) is 0 Å². The van der Waals surface area contributed by atoms with Crippen molar-refractivity contribution in [2.75, 3.05) is 5.32 Å². The summed E-state index contributed by atoms with van der Waals surface area (Å²) in [4.78, 5) is 16.5. The molecule has 0 fully saturated rings. The molecule has 0 saturated carbocycles. The molecule has 0 aliphatic rings. The number of para-hydroxylation sites is 2. The normalized spacial score (nSPS) is 13.0. The quantitative estimate of drug-likeness (QED) is 0.663. The van der Waals surface area contributed by atoms with Gasteiger partial charge in [-0.2, -0.15) is 13.2 Å². The third kappa shape index (κ3) is 4.14. The van der Waals surface area contributed by atoms with Crippen LogP contribution in [0.2, 0.25) is 0 Å². The van der Waals surface area contributed by atoms with Crippen molar-refractivity contribution in [1.29, 1.82) is 0 Å². The maximum atomic E-state index is 12.7. The van der Waals surface area contributed by atoms with E-state index in [0.717, 1.165) is 23.9 Å². The Hall–Kier alpha value is -2.48. The van der Waals surface area contributed by atoms with Crippen molar-refractivity contribution in [1.82, 2.24) is 4.98 Å². The average molecular weight is 366 g/mol. The van der Waals surface area contributed by atoms with E-state index < -0.39 is 22.9 Å². The molecule has 0 radical (unpaired) electrons. The smallest absolute Gasteiger partial charge is 0.416 e. The highest BCUT2D eigenvalue weighted by molar-refractivity contribution is 8.00. The second-order valence-electron chi connectivity index (χ2n) is 5.28. The molecule has 2 aromatic carbocycles. The van der Waals surface area contributed by atoms with Crippen molar-refractivity contribution in [2.24, 2.45) is 0 Å². The molecule has 130 valence electrons. The summed E-state index contributed by atoms with van der Waals surface area (Å²) in [7, 11) is 0. The molecule has 0 unspecified atom stereocenters. The molecule has 0 aliphatic carbocycles. The van der Waals surface area contributed by atoms with Gasteiger partial charge in [0, 0.05) is 5.69 Å². The Kier molecular flexibility index (Phi) is 4.71. The van der Waals surface area contributed by atoms with Gasteiger partial charge in [0.2, 0.25) is 5.91 Å². The molecule has 0 aliphatic heterocycles. The van der Waals surface area contributed by atoms with Gasteiger partial charge < -0.3 is 9.73 Å². The van der Waals surface area contributed by atoms with Crippen molar-refractivity contribution in [3.63, 3.8) is 0 Å². The molecule has 3 rings (SSSR count). The molecule has 0 saturated heterocycles. The summed E-state index contributed by atoms with van der Waals surface area (Å²) in [6, 6.07) is 11.7. The zero-order valence-corrected chi connectivity index (χ0v) is 13.8. The molecule has 8 heteroatoms. The van der Waals surface area contributed by atoms with Crippen LogP contribution in [0.15, 0.2) is 58.2 Å². The van der Waals surface area contributed by atoms with E-state index in [1.54, 1.807) is 19.1 Å². The summed E-state index contributed by atoms with van der Waals surface area (Å²) in [5.74, 6) is -0.438. The van der Waals surface area contributed by atoms with Crippen LogP contribution in [0.4, 0.5) is 18.9 Å². The van der Waals surface area contributed by atoms with Crippen molar-refractivity contribution in [3.05, 3.63) is 54.1 Å². The summed E-state index contributed by atoms with van der Waals surface area (Å²) in [5.41, 5.74) is 0.556. The van der Waals surface area contributed by atoms with E-state index in [1.165, 1.54) is 12.1 Å². The molecule has 1 N–H and O–H groups in total. The number of carbonyl (C=O) groups excluding carboxylic acids is 1. The Labute approximate surface area is 145 Å². The Bertz CT molecular complexity index is 875. The first-order chi connectivity index (χ1) is 11.8. The first-order valence-electron chi connectivity index (χ1n) is 7.33. The molecule has 1 aromatic heterocycles. The van der Waals surface area contributed by atoms with E-state index in [9.17, 15) is 18.0 Å². The van der Waals surface area contributed by atoms with Gasteiger partial charge in [-0.05, 0) is 37.3 Å². The minimum absolute atomic E-state index is 0.0878. The molecule has 0 bridgehead atoms. The lowest BCUT2D eigenvalue weighted by molar-refractivity contribution is -0.137. The van der Waals surface area contributed by atoms with Gasteiger partial charge in [-0.25, -0.2) is 4.98 Å². The number of amides is 1. The number of carbonyl (C=O) groups is 1. The minimum atomic E-state index is -4.46. The number of anilines is 1. The van der Waals surface area contributed by atoms with E-state index in [0.29, 0.717) is 16.3 Å².